The van der Waals surface area contributed by atoms with Crippen LogP contribution in [-0.2, 0) is 20.2 Å². The van der Waals surface area contributed by atoms with Crippen LogP contribution in [-0.4, -0.2) is 112 Å². The third-order valence-electron chi connectivity index (χ3n) is 13.3. The predicted molar refractivity (Wildman–Crippen MR) is 335 cm³/mol. The number of hydrogen-bond donors (Lipinski definition) is 6. The molecule has 25 heteroatoms. The molecule has 10 aromatic rings. The molecule has 0 aliphatic heterocycles. The van der Waals surface area contributed by atoms with Crippen LogP contribution < -0.4 is 30.3 Å². The topological polar surface area (TPSA) is 346 Å². The van der Waals surface area contributed by atoms with E-state index in [2.05, 4.69) is 41.1 Å². The fourth-order valence-corrected chi connectivity index (χ4v) is 9.41. The molecular weight excluding hydrogens is 1210 g/mol. The van der Waals surface area contributed by atoms with Gasteiger partial charge >= 0.3 is 37.7 Å². The Hall–Kier alpha value is -9.92. The quantitative estimate of drug-likeness (QED) is 0.0172. The summed E-state index contributed by atoms with van der Waals surface area (Å²) in [6, 6.07) is 49.6. The standard InChI is InChI=1S/2C32H26N4O7S.Ca/c2*1-19-3-4-21(31(38)33-24-9-13-27(14-10-24)44(40,41)42)17-29(19)36-35-25-6-5-20-16-28(30(37)18-22(20)15-25)32(39)34-23-7-11-26(43-2)12-8-23;/h2*3-18,37H,1-2H3,(H,33,38)(H,34,39)(H,40,41,42);/q;;+2/p-2. The van der Waals surface area contributed by atoms with Gasteiger partial charge in [0.2, 0.25) is 5.90 Å². The van der Waals surface area contributed by atoms with Gasteiger partial charge in [0.1, 0.15) is 17.2 Å². The third-order valence-corrected chi connectivity index (χ3v) is 15.0. The molecule has 0 saturated heterocycles. The number of aliphatic hydroxyl groups excluding tert-OH is 1. The molecule has 0 spiro atoms. The van der Waals surface area contributed by atoms with Crippen LogP contribution in [0.4, 0.5) is 45.5 Å². The smallest absolute Gasteiger partial charge is 0.872 e. The van der Waals surface area contributed by atoms with Crippen molar-refractivity contribution < 1.29 is 65.4 Å². The molecule has 0 fully saturated rings. The van der Waals surface area contributed by atoms with Crippen molar-refractivity contribution in [2.45, 2.75) is 23.6 Å². The van der Waals surface area contributed by atoms with Crippen LogP contribution in [0.25, 0.3) is 21.5 Å². The van der Waals surface area contributed by atoms with Crippen LogP contribution in [0.2, 0.25) is 0 Å². The zero-order chi connectivity index (χ0) is 62.9. The second-order valence-electron chi connectivity index (χ2n) is 19.3. The average Bonchev–Trinajstić information content (AvgIpc) is 1.45. The van der Waals surface area contributed by atoms with Crippen LogP contribution in [0.5, 0.6) is 23.0 Å². The van der Waals surface area contributed by atoms with E-state index in [0.29, 0.717) is 78.7 Å². The second-order valence-corrected chi connectivity index (χ2v) is 22.2. The van der Waals surface area contributed by atoms with Crippen molar-refractivity contribution in [3.05, 3.63) is 228 Å². The van der Waals surface area contributed by atoms with Gasteiger partial charge in [0.15, 0.2) is 0 Å². The Labute approximate surface area is 539 Å². The van der Waals surface area contributed by atoms with Gasteiger partial charge in [-0.15, -0.1) is 5.75 Å². The first-order valence-electron chi connectivity index (χ1n) is 26.2. The Morgan fingerprint density at radius 3 is 1.30 bits per heavy atom. The number of benzene rings is 10. The number of nitrogens with one attached hydrogen (secondary N) is 2. The molecule has 0 aliphatic carbocycles. The van der Waals surface area contributed by atoms with Gasteiger partial charge in [-0.25, -0.2) is 4.99 Å². The summed E-state index contributed by atoms with van der Waals surface area (Å²) in [6.45, 7) is 3.63. The van der Waals surface area contributed by atoms with Crippen molar-refractivity contribution in [3.8, 4) is 23.0 Å². The largest absolute Gasteiger partial charge is 2.00 e. The molecule has 0 heterocycles. The molecule has 0 atom stereocenters. The van der Waals surface area contributed by atoms with Crippen LogP contribution >= 0.6 is 0 Å². The summed E-state index contributed by atoms with van der Waals surface area (Å²) in [5, 5.41) is 71.8. The number of hydrogen-bond acceptors (Lipinski definition) is 17. The van der Waals surface area contributed by atoms with Crippen molar-refractivity contribution in [2.24, 2.45) is 30.4 Å². The maximum absolute atomic E-state index is 12.8. The Balaban J connectivity index is 0.000000228. The van der Waals surface area contributed by atoms with Crippen molar-refractivity contribution in [1.29, 1.82) is 0 Å². The minimum Gasteiger partial charge on any atom is -0.872 e. The molecule has 10 rings (SSSR count). The van der Waals surface area contributed by atoms with Gasteiger partial charge in [0, 0.05) is 22.5 Å². The fourth-order valence-electron chi connectivity index (χ4n) is 8.45. The number of azo groups is 2. The summed E-state index contributed by atoms with van der Waals surface area (Å²) in [4.78, 5) is 33.2. The van der Waals surface area contributed by atoms with Crippen molar-refractivity contribution in [1.82, 2.24) is 0 Å². The van der Waals surface area contributed by atoms with E-state index in [4.69, 9.17) is 18.6 Å². The Morgan fingerprint density at radius 2 is 0.876 bits per heavy atom. The molecule has 0 aliphatic rings. The number of phenols is 1. The Kier molecular flexibility index (Phi) is 20.7. The molecule has 0 bridgehead atoms. The van der Waals surface area contributed by atoms with E-state index in [1.165, 1.54) is 73.8 Å². The number of carbonyl (C=O) groups is 2. The van der Waals surface area contributed by atoms with E-state index in [1.54, 1.807) is 135 Å². The number of carbonyl (C=O) groups excluding carboxylic acids is 2. The fraction of sp³-hybridized carbons (Fsp3) is 0.0625. The molecule has 0 radical (unpaired) electrons. The number of aryl methyl sites for hydroxylation is 2. The van der Waals surface area contributed by atoms with E-state index in [9.17, 15) is 46.9 Å². The Bertz CT molecular complexity index is 4390. The molecule has 444 valence electrons. The number of rotatable bonds is 16. The minimum absolute atomic E-state index is 0. The first-order valence-corrected chi connectivity index (χ1v) is 29.0. The van der Waals surface area contributed by atoms with Gasteiger partial charge in [-0.3, -0.25) is 23.7 Å². The van der Waals surface area contributed by atoms with Gasteiger partial charge in [-0.2, -0.15) is 37.3 Å². The summed E-state index contributed by atoms with van der Waals surface area (Å²) in [7, 11) is -5.59. The molecular formula is C64H50CaN8O14S2. The molecule has 0 aromatic heterocycles. The van der Waals surface area contributed by atoms with Crippen molar-refractivity contribution in [2.75, 3.05) is 24.9 Å². The van der Waals surface area contributed by atoms with Crippen LogP contribution in [0.15, 0.2) is 234 Å². The molecule has 22 nitrogen and oxygen atoms in total. The maximum Gasteiger partial charge on any atom is 2.00 e. The predicted octanol–water partition coefficient (Wildman–Crippen LogP) is 12.6. The summed E-state index contributed by atoms with van der Waals surface area (Å²) in [5.74, 6) is -1.26. The van der Waals surface area contributed by atoms with Crippen molar-refractivity contribution in [3.63, 3.8) is 0 Å². The molecule has 2 amide bonds. The number of aromatic hydroxyl groups is 1. The molecule has 0 unspecified atom stereocenters. The van der Waals surface area contributed by atoms with Crippen LogP contribution in [0, 0.1) is 13.8 Å². The summed E-state index contributed by atoms with van der Waals surface area (Å²) in [6.07, 6.45) is 0. The number of phenolic OH excluding ortho intramolecular Hbond substituents is 1. The van der Waals surface area contributed by atoms with E-state index < -0.39 is 43.7 Å². The number of nitrogens with zero attached hydrogens (tertiary/aromatic N) is 6. The van der Waals surface area contributed by atoms with Crippen LogP contribution in [0.3, 0.4) is 0 Å². The Morgan fingerprint density at radius 1 is 0.472 bits per heavy atom. The number of ether oxygens (including phenoxy) is 2. The maximum atomic E-state index is 12.8. The monoisotopic (exact) mass is 1260 g/mol. The number of aliphatic imine (C=N–C) groups is 2. The zero-order valence-corrected chi connectivity index (χ0v) is 51.4. The summed E-state index contributed by atoms with van der Waals surface area (Å²) >= 11 is 0. The number of fused-ring (bicyclic) bond motifs is 2. The van der Waals surface area contributed by atoms with Gasteiger partial charge in [0.05, 0.1) is 63.7 Å². The zero-order valence-electron chi connectivity index (χ0n) is 47.6. The van der Waals surface area contributed by atoms with Gasteiger partial charge in [0.25, 0.3) is 32.1 Å². The first kappa shape index (κ1) is 65.1. The van der Waals surface area contributed by atoms with Crippen molar-refractivity contribution >= 4 is 149 Å². The molecule has 89 heavy (non-hydrogen) atoms. The number of amides is 2. The second kappa shape index (κ2) is 28.3. The third kappa shape index (κ3) is 16.8. The van der Waals surface area contributed by atoms with Gasteiger partial charge in [-0.1, -0.05) is 30.3 Å². The van der Waals surface area contributed by atoms with E-state index in [-0.39, 0.29) is 75.9 Å². The SMILES string of the molecule is COc1ccc(N=C(O)c2cc3ccc(N=Nc4cc(C(=O)Nc5ccc(S(=O)(=O)O)cc5)ccc4C)cc3cc2O)cc1.COc1ccc(N=C([O-])c2cc3ccc(N=Nc4cc(C(=O)Nc5ccc(S(=O)(=O)O)cc5)ccc4C)cc3cc2[O-])cc1.[Ca+2]. The summed E-state index contributed by atoms with van der Waals surface area (Å²) < 4.78 is 73.4. The van der Waals surface area contributed by atoms with Gasteiger partial charge in [-0.05, 0) is 222 Å². The first-order chi connectivity index (χ1) is 42.0. The average molecular weight is 1260 g/mol. The van der Waals surface area contributed by atoms with E-state index in [0.717, 1.165) is 16.5 Å². The minimum atomic E-state index is -4.34. The van der Waals surface area contributed by atoms with E-state index >= 15 is 0 Å². The number of anilines is 2. The molecule has 10 aromatic carbocycles. The van der Waals surface area contributed by atoms with Crippen LogP contribution in [0.1, 0.15) is 43.0 Å². The normalized spacial score (nSPS) is 11.9. The summed E-state index contributed by atoms with van der Waals surface area (Å²) in [5.41, 5.74) is 5.64. The van der Waals surface area contributed by atoms with Gasteiger partial charge < -0.3 is 40.5 Å². The number of aliphatic hydroxyl groups is 1. The van der Waals surface area contributed by atoms with E-state index in [1.807, 2.05) is 13.8 Å². The number of methoxy groups -OCH3 is 2. The molecule has 0 saturated carbocycles. The molecule has 6 N–H and O–H groups in total.